The zero-order chi connectivity index (χ0) is 28.8. The third kappa shape index (κ3) is 9.24. The van der Waals surface area contributed by atoms with Gasteiger partial charge in [0.15, 0.2) is 0 Å². The van der Waals surface area contributed by atoms with E-state index in [2.05, 4.69) is 10.1 Å². The van der Waals surface area contributed by atoms with E-state index in [-0.39, 0.29) is 94.7 Å². The summed E-state index contributed by atoms with van der Waals surface area (Å²) >= 11 is 0. The van der Waals surface area contributed by atoms with Crippen molar-refractivity contribution in [2.45, 2.75) is 14.7 Å². The maximum atomic E-state index is 13.0. The number of fused-ring (bicyclic) bond motifs is 1. The van der Waals surface area contributed by atoms with E-state index in [0.29, 0.717) is 12.1 Å². The summed E-state index contributed by atoms with van der Waals surface area (Å²) in [5.41, 5.74) is -2.22. The van der Waals surface area contributed by atoms with E-state index < -0.39 is 95.1 Å². The summed E-state index contributed by atoms with van der Waals surface area (Å²) in [5.74, 6) is -2.25. The molecule has 0 fully saturated rings. The summed E-state index contributed by atoms with van der Waals surface area (Å²) < 4.78 is 104. The van der Waals surface area contributed by atoms with Gasteiger partial charge in [-0.05, 0) is 30.3 Å². The van der Waals surface area contributed by atoms with Crippen LogP contribution < -0.4 is 5.32 Å². The van der Waals surface area contributed by atoms with E-state index in [1.165, 1.54) is 0 Å². The van der Waals surface area contributed by atoms with Crippen molar-refractivity contribution in [1.29, 1.82) is 0 Å². The average molecular weight is 663 g/mol. The second kappa shape index (κ2) is 14.6. The molecule has 0 saturated carbocycles. The quantitative estimate of drug-likeness (QED) is 0.0824. The van der Waals surface area contributed by atoms with Crippen LogP contribution in [0, 0.1) is 10.1 Å². The van der Waals surface area contributed by atoms with Crippen LogP contribution >= 0.6 is 0 Å². The number of methoxy groups -OCH3 is 1. The Bertz CT molecular complexity index is 1880. The van der Waals surface area contributed by atoms with Gasteiger partial charge in [-0.25, -0.2) is 4.79 Å². The number of anilines is 1. The topological polar surface area (TPSA) is 262 Å². The number of carbonyl (C=O) groups excluding carboxylic acids is 2. The number of hydrogen-bond acceptors (Lipinski definition) is 11. The van der Waals surface area contributed by atoms with Crippen LogP contribution in [0.4, 0.5) is 11.4 Å². The molecule has 0 saturated heterocycles. The first-order valence-corrected chi connectivity index (χ1v) is 13.9. The van der Waals surface area contributed by atoms with Crippen molar-refractivity contribution in [2.75, 3.05) is 12.4 Å². The molecule has 4 N–H and O–H groups in total. The van der Waals surface area contributed by atoms with Gasteiger partial charge in [0, 0.05) is 28.5 Å². The summed E-state index contributed by atoms with van der Waals surface area (Å²) in [5, 5.41) is 11.7. The van der Waals surface area contributed by atoms with Crippen molar-refractivity contribution in [3.8, 4) is 0 Å². The molecule has 0 aliphatic rings. The van der Waals surface area contributed by atoms with Gasteiger partial charge in [-0.1, -0.05) is 0 Å². The minimum atomic E-state index is -5.39. The van der Waals surface area contributed by atoms with Gasteiger partial charge in [0.2, 0.25) is 0 Å². The Morgan fingerprint density at radius 2 is 1.34 bits per heavy atom. The number of ether oxygens (including phenoxy) is 1. The Balaban J connectivity index is 0.00000533. The molecule has 16 nitrogen and oxygen atoms in total. The number of carbonyl (C=O) groups is 2. The van der Waals surface area contributed by atoms with Crippen molar-refractivity contribution >= 4 is 153 Å². The fourth-order valence-electron chi connectivity index (χ4n) is 3.35. The summed E-state index contributed by atoms with van der Waals surface area (Å²) in [6.07, 6.45) is 0. The standard InChI is InChI=1S/C19H14N2O14S3.3Na.3H/c1-35-19(23)10-4-9(5-11(6-10)21(24)25)18(22)20-14-2-3-15(37(29,30)31)13-7-12(36(26,27)28)8-16(17(13)14)38(32,33)34;;;;;;/h2-8H,1H3,(H,20,22)(H,26,27,28)(H,29,30,31)(H,32,33,34);;;;;;. The SMILES string of the molecule is COC(=O)c1cc(C(=O)Nc2ccc(S(=O)(=O)O)c3cc(S(=O)(=O)O)cc(S(=O)(=O)O)c23)cc([N+](=O)[O-])c1.[NaH].[NaH].[NaH]. The van der Waals surface area contributed by atoms with Crippen LogP contribution in [0.1, 0.15) is 20.7 Å². The molecule has 3 aromatic rings. The first-order valence-electron chi connectivity index (χ1n) is 9.57. The molecule has 0 spiro atoms. The van der Waals surface area contributed by atoms with Crippen LogP contribution in [0.25, 0.3) is 10.8 Å². The molecule has 0 aromatic heterocycles. The number of nitrogens with one attached hydrogen (secondary N) is 1. The molecule has 0 aliphatic carbocycles. The van der Waals surface area contributed by atoms with Crippen LogP contribution in [-0.4, -0.2) is 151 Å². The van der Waals surface area contributed by atoms with Gasteiger partial charge in [0.1, 0.15) is 9.79 Å². The monoisotopic (exact) mass is 662 g/mol. The molecular formula is C19H17N2Na3O14S3. The molecule has 1 amide bonds. The molecule has 0 aliphatic heterocycles. The van der Waals surface area contributed by atoms with Gasteiger partial charge in [0.25, 0.3) is 41.9 Å². The van der Waals surface area contributed by atoms with E-state index in [4.69, 9.17) is 0 Å². The van der Waals surface area contributed by atoms with Crippen LogP contribution in [0.2, 0.25) is 0 Å². The predicted molar refractivity (Wildman–Crippen MR) is 147 cm³/mol. The molecule has 41 heavy (non-hydrogen) atoms. The number of non-ortho nitro benzene ring substituents is 1. The Hall–Kier alpha value is -1.01. The van der Waals surface area contributed by atoms with Gasteiger partial charge in [-0.15, -0.1) is 0 Å². The number of nitrogens with zero attached hydrogens (tertiary/aromatic N) is 1. The average Bonchev–Trinajstić information content (AvgIpc) is 2.80. The molecule has 208 valence electrons. The third-order valence-corrected chi connectivity index (χ3v) is 7.55. The summed E-state index contributed by atoms with van der Waals surface area (Å²) in [4.78, 5) is 31.6. The molecular weight excluding hydrogens is 645 g/mol. The fraction of sp³-hybridized carbons (Fsp3) is 0.0526. The van der Waals surface area contributed by atoms with Gasteiger partial charge < -0.3 is 10.1 Å². The van der Waals surface area contributed by atoms with E-state index in [1.54, 1.807) is 0 Å². The second-order valence-electron chi connectivity index (χ2n) is 7.35. The van der Waals surface area contributed by atoms with E-state index >= 15 is 0 Å². The van der Waals surface area contributed by atoms with Gasteiger partial charge >= 0.3 is 94.6 Å². The Kier molecular flexibility index (Phi) is 14.3. The number of nitro groups is 1. The molecule has 0 heterocycles. The van der Waals surface area contributed by atoms with Crippen molar-refractivity contribution in [3.05, 3.63) is 63.7 Å². The van der Waals surface area contributed by atoms with E-state index in [1.807, 2.05) is 0 Å². The molecule has 3 rings (SSSR count). The van der Waals surface area contributed by atoms with Crippen LogP contribution in [0.5, 0.6) is 0 Å². The molecule has 0 unspecified atom stereocenters. The zero-order valence-electron chi connectivity index (χ0n) is 18.5. The predicted octanol–water partition coefficient (Wildman–Crippen LogP) is -0.418. The van der Waals surface area contributed by atoms with Crippen molar-refractivity contribution in [3.63, 3.8) is 0 Å². The molecule has 0 atom stereocenters. The Labute approximate surface area is 298 Å². The fourth-order valence-corrected chi connectivity index (χ4v) is 5.39. The summed E-state index contributed by atoms with van der Waals surface area (Å²) in [6, 6.07) is 4.58. The van der Waals surface area contributed by atoms with Crippen molar-refractivity contribution < 1.29 is 58.2 Å². The molecule has 0 bridgehead atoms. The first kappa shape index (κ1) is 40.0. The molecule has 22 heteroatoms. The zero-order valence-corrected chi connectivity index (χ0v) is 21.0. The number of benzene rings is 3. The van der Waals surface area contributed by atoms with Crippen LogP contribution in [0.15, 0.2) is 57.2 Å². The number of esters is 1. The van der Waals surface area contributed by atoms with Crippen molar-refractivity contribution in [1.82, 2.24) is 0 Å². The maximum absolute atomic E-state index is 13.0. The normalized spacial score (nSPS) is 11.3. The number of rotatable bonds is 7. The Morgan fingerprint density at radius 1 is 0.805 bits per heavy atom. The van der Waals surface area contributed by atoms with Crippen LogP contribution in [0.3, 0.4) is 0 Å². The van der Waals surface area contributed by atoms with E-state index in [9.17, 15) is 58.6 Å². The Morgan fingerprint density at radius 3 is 1.80 bits per heavy atom. The summed E-state index contributed by atoms with van der Waals surface area (Å²) in [6.45, 7) is 0. The van der Waals surface area contributed by atoms with Crippen molar-refractivity contribution in [2.24, 2.45) is 0 Å². The second-order valence-corrected chi connectivity index (χ2v) is 11.6. The van der Waals surface area contributed by atoms with Gasteiger partial charge in [-0.2, -0.15) is 25.3 Å². The van der Waals surface area contributed by atoms with E-state index in [0.717, 1.165) is 31.4 Å². The van der Waals surface area contributed by atoms with Gasteiger partial charge in [-0.3, -0.25) is 28.6 Å². The minimum absolute atomic E-state index is 0. The number of nitro benzene ring substituents is 1. The summed E-state index contributed by atoms with van der Waals surface area (Å²) in [7, 11) is -14.8. The molecule has 3 aromatic carbocycles. The third-order valence-electron chi connectivity index (χ3n) is 4.93. The first-order chi connectivity index (χ1) is 17.3. The van der Waals surface area contributed by atoms with Crippen LogP contribution in [-0.2, 0) is 35.1 Å². The number of amides is 1. The number of hydrogen-bond donors (Lipinski definition) is 4. The van der Waals surface area contributed by atoms with Gasteiger partial charge in [0.05, 0.1) is 28.2 Å². The molecule has 0 radical (unpaired) electrons.